The fraction of sp³-hybridized carbons (Fsp3) is 0.174. The molecule has 2 bridgehead atoms. The van der Waals surface area contributed by atoms with E-state index in [0.29, 0.717) is 29.1 Å². The van der Waals surface area contributed by atoms with Crippen LogP contribution < -0.4 is 15.1 Å². The molecule has 0 saturated heterocycles. The molecule has 5 nitrogen and oxygen atoms in total. The summed E-state index contributed by atoms with van der Waals surface area (Å²) in [6.45, 7) is 0. The number of methoxy groups -OCH3 is 1. The first kappa shape index (κ1) is 16.8. The van der Waals surface area contributed by atoms with Crippen LogP contribution in [0.4, 0.5) is 0 Å². The van der Waals surface area contributed by atoms with Crippen molar-refractivity contribution < 1.29 is 18.6 Å². The van der Waals surface area contributed by atoms with Gasteiger partial charge in [-0.15, -0.1) is 0 Å². The van der Waals surface area contributed by atoms with Crippen LogP contribution in [0.3, 0.4) is 0 Å². The molecule has 0 amide bonds. The van der Waals surface area contributed by atoms with Crippen molar-refractivity contribution in [1.29, 1.82) is 0 Å². The molecule has 0 unspecified atom stereocenters. The van der Waals surface area contributed by atoms with Crippen LogP contribution in [0.1, 0.15) is 28.4 Å². The Balaban J connectivity index is 1.68. The van der Waals surface area contributed by atoms with Gasteiger partial charge in [0.2, 0.25) is 5.79 Å². The van der Waals surface area contributed by atoms with Gasteiger partial charge in [-0.2, -0.15) is 11.3 Å². The molecule has 6 rings (SSSR count). The van der Waals surface area contributed by atoms with Gasteiger partial charge in [-0.25, -0.2) is 4.79 Å². The first-order chi connectivity index (χ1) is 14.2. The highest BCUT2D eigenvalue weighted by Crippen LogP contribution is 2.53. The monoisotopic (exact) mass is 404 g/mol. The summed E-state index contributed by atoms with van der Waals surface area (Å²) < 4.78 is 23.9. The van der Waals surface area contributed by atoms with E-state index in [-0.39, 0.29) is 0 Å². The molecule has 2 aliphatic heterocycles. The van der Waals surface area contributed by atoms with E-state index < -0.39 is 17.5 Å². The van der Waals surface area contributed by atoms with Crippen molar-refractivity contribution >= 4 is 22.3 Å². The molecule has 2 aromatic heterocycles. The molecule has 2 atom stereocenters. The van der Waals surface area contributed by atoms with Crippen molar-refractivity contribution in [2.24, 2.45) is 0 Å². The normalized spacial score (nSPS) is 21.9. The van der Waals surface area contributed by atoms with E-state index >= 15 is 0 Å². The second-order valence-corrected chi connectivity index (χ2v) is 8.01. The summed E-state index contributed by atoms with van der Waals surface area (Å²) in [7, 11) is 1.58. The number of hydrogen-bond donors (Lipinski definition) is 0. The van der Waals surface area contributed by atoms with Gasteiger partial charge in [0.25, 0.3) is 0 Å². The Hall–Kier alpha value is -3.09. The van der Waals surface area contributed by atoms with Gasteiger partial charge in [0.05, 0.1) is 12.5 Å². The standard InChI is InChI=1S/C23H16O5S/c1-25-15-6-7-17-18(10-15)26-22(24)19-20-16-5-3-2-4-13(16)11-23(27-20,28-21(17)19)14-8-9-29-12-14/h2-10,12,20H,11H2,1H3/t20-,23+/m0/s1. The zero-order valence-corrected chi connectivity index (χ0v) is 16.3. The van der Waals surface area contributed by atoms with Crippen molar-refractivity contribution in [3.8, 4) is 11.5 Å². The Morgan fingerprint density at radius 2 is 2.07 bits per heavy atom. The lowest BCUT2D eigenvalue weighted by atomic mass is 9.85. The highest BCUT2D eigenvalue weighted by Gasteiger charge is 2.50. The minimum Gasteiger partial charge on any atom is -0.497 e. The van der Waals surface area contributed by atoms with E-state index in [4.69, 9.17) is 18.6 Å². The summed E-state index contributed by atoms with van der Waals surface area (Å²) in [4.78, 5) is 13.0. The van der Waals surface area contributed by atoms with Gasteiger partial charge < -0.3 is 18.6 Å². The molecule has 0 aliphatic carbocycles. The van der Waals surface area contributed by atoms with Gasteiger partial charge in [0, 0.05) is 23.4 Å². The number of ether oxygens (including phenoxy) is 3. The van der Waals surface area contributed by atoms with Crippen LogP contribution in [0, 0.1) is 0 Å². The van der Waals surface area contributed by atoms with E-state index in [1.165, 1.54) is 0 Å². The van der Waals surface area contributed by atoms with Gasteiger partial charge in [0.15, 0.2) is 0 Å². The lowest BCUT2D eigenvalue weighted by Gasteiger charge is -2.46. The second kappa shape index (κ2) is 5.95. The smallest absolute Gasteiger partial charge is 0.346 e. The van der Waals surface area contributed by atoms with Gasteiger partial charge >= 0.3 is 5.63 Å². The Morgan fingerprint density at radius 3 is 2.90 bits per heavy atom. The van der Waals surface area contributed by atoms with Crippen molar-refractivity contribution in [2.45, 2.75) is 18.3 Å². The molecule has 2 aromatic carbocycles. The molecule has 0 saturated carbocycles. The lowest BCUT2D eigenvalue weighted by molar-refractivity contribution is -0.237. The molecular formula is C23H16O5S. The third kappa shape index (κ3) is 2.33. The van der Waals surface area contributed by atoms with Crippen molar-refractivity contribution in [3.63, 3.8) is 0 Å². The molecule has 4 heterocycles. The third-order valence-electron chi connectivity index (χ3n) is 5.66. The predicted octanol–water partition coefficient (Wildman–Crippen LogP) is 4.77. The van der Waals surface area contributed by atoms with Gasteiger partial charge in [0.1, 0.15) is 28.7 Å². The van der Waals surface area contributed by atoms with Crippen molar-refractivity contribution in [2.75, 3.05) is 7.11 Å². The molecular weight excluding hydrogens is 388 g/mol. The van der Waals surface area contributed by atoms with Gasteiger partial charge in [-0.05, 0) is 34.7 Å². The van der Waals surface area contributed by atoms with Crippen LogP contribution >= 0.6 is 11.3 Å². The maximum absolute atomic E-state index is 13.0. The van der Waals surface area contributed by atoms with Crippen LogP contribution in [0.15, 0.2) is 68.5 Å². The Kier molecular flexibility index (Phi) is 3.45. The van der Waals surface area contributed by atoms with E-state index in [1.54, 1.807) is 24.5 Å². The maximum Gasteiger partial charge on any atom is 0.346 e. The zero-order chi connectivity index (χ0) is 19.6. The predicted molar refractivity (Wildman–Crippen MR) is 109 cm³/mol. The van der Waals surface area contributed by atoms with Crippen LogP contribution in [0.2, 0.25) is 0 Å². The summed E-state index contributed by atoms with van der Waals surface area (Å²) >= 11 is 1.59. The Labute approximate surface area is 170 Å². The highest BCUT2D eigenvalue weighted by molar-refractivity contribution is 7.08. The van der Waals surface area contributed by atoms with Crippen LogP contribution in [-0.2, 0) is 16.9 Å². The van der Waals surface area contributed by atoms with Gasteiger partial charge in [-0.1, -0.05) is 24.3 Å². The third-order valence-corrected chi connectivity index (χ3v) is 6.34. The largest absolute Gasteiger partial charge is 0.497 e. The number of hydrogen-bond acceptors (Lipinski definition) is 6. The Bertz CT molecular complexity index is 1310. The molecule has 0 N–H and O–H groups in total. The summed E-state index contributed by atoms with van der Waals surface area (Å²) in [5.74, 6) is 0.161. The molecule has 6 heteroatoms. The van der Waals surface area contributed by atoms with E-state index in [0.717, 1.165) is 22.1 Å². The summed E-state index contributed by atoms with van der Waals surface area (Å²) in [5, 5.41) is 4.77. The molecule has 144 valence electrons. The van der Waals surface area contributed by atoms with Crippen LogP contribution in [0.25, 0.3) is 11.0 Å². The maximum atomic E-state index is 13.0. The molecule has 2 aliphatic rings. The first-order valence-electron chi connectivity index (χ1n) is 9.30. The summed E-state index contributed by atoms with van der Waals surface area (Å²) in [6, 6.07) is 15.4. The molecule has 0 spiro atoms. The summed E-state index contributed by atoms with van der Waals surface area (Å²) in [5.41, 5.74) is 3.41. The van der Waals surface area contributed by atoms with Crippen molar-refractivity contribution in [1.82, 2.24) is 0 Å². The first-order valence-corrected chi connectivity index (χ1v) is 10.2. The fourth-order valence-electron chi connectivity index (χ4n) is 4.28. The van der Waals surface area contributed by atoms with E-state index in [9.17, 15) is 4.79 Å². The number of thiophene rings is 1. The van der Waals surface area contributed by atoms with Crippen molar-refractivity contribution in [3.05, 3.63) is 92.0 Å². The number of benzene rings is 2. The highest BCUT2D eigenvalue weighted by atomic mass is 32.1. The number of rotatable bonds is 2. The molecule has 29 heavy (non-hydrogen) atoms. The Morgan fingerprint density at radius 1 is 1.17 bits per heavy atom. The van der Waals surface area contributed by atoms with Gasteiger partial charge in [-0.3, -0.25) is 0 Å². The number of fused-ring (bicyclic) bond motifs is 8. The minimum absolute atomic E-state index is 0.403. The fourth-order valence-corrected chi connectivity index (χ4v) is 4.99. The summed E-state index contributed by atoms with van der Waals surface area (Å²) in [6.07, 6.45) is 0.0135. The SMILES string of the molecule is COc1ccc2c3c(c(=O)oc2c1)[C@H]1O[C@](c2ccsc2)(Cc2ccccc21)O3. The topological polar surface area (TPSA) is 57.9 Å². The average molecular weight is 404 g/mol. The average Bonchev–Trinajstić information content (AvgIpc) is 3.29. The quantitative estimate of drug-likeness (QED) is 0.451. The zero-order valence-electron chi connectivity index (χ0n) is 15.5. The molecule has 4 aromatic rings. The van der Waals surface area contributed by atoms with Crippen LogP contribution in [0.5, 0.6) is 11.5 Å². The molecule has 0 fully saturated rings. The van der Waals surface area contributed by atoms with E-state index in [1.807, 2.05) is 47.2 Å². The van der Waals surface area contributed by atoms with E-state index in [2.05, 4.69) is 6.07 Å². The second-order valence-electron chi connectivity index (χ2n) is 7.23. The minimum atomic E-state index is -0.979. The molecule has 0 radical (unpaired) electrons. The van der Waals surface area contributed by atoms with Crippen LogP contribution in [-0.4, -0.2) is 7.11 Å². The lowest BCUT2D eigenvalue weighted by Crippen LogP contribution is -2.47.